The third kappa shape index (κ3) is 6.41. The molecule has 0 aromatic heterocycles. The van der Waals surface area contributed by atoms with E-state index < -0.39 is 22.0 Å². The molecule has 2 saturated heterocycles. The lowest BCUT2D eigenvalue weighted by molar-refractivity contribution is -0.384. The minimum absolute atomic E-state index is 0.107. The number of nitrogens with one attached hydrogen (secondary N) is 1. The van der Waals surface area contributed by atoms with Crippen molar-refractivity contribution in [3.05, 3.63) is 82.4 Å². The van der Waals surface area contributed by atoms with Gasteiger partial charge in [0.05, 0.1) is 23.5 Å². The van der Waals surface area contributed by atoms with Gasteiger partial charge in [-0.2, -0.15) is 0 Å². The maximum absolute atomic E-state index is 12.9. The van der Waals surface area contributed by atoms with Crippen LogP contribution in [0.4, 0.5) is 11.4 Å². The van der Waals surface area contributed by atoms with Crippen molar-refractivity contribution in [2.24, 2.45) is 5.41 Å². The van der Waals surface area contributed by atoms with Gasteiger partial charge in [-0.15, -0.1) is 0 Å². The number of amides is 1. The molecule has 2 aliphatic rings. The molecule has 2 aliphatic heterocycles. The molecule has 2 fully saturated rings. The highest BCUT2D eigenvalue weighted by Crippen LogP contribution is 2.46. The van der Waals surface area contributed by atoms with Gasteiger partial charge in [0.25, 0.3) is 11.6 Å². The fourth-order valence-corrected chi connectivity index (χ4v) is 5.82. The Labute approximate surface area is 249 Å². The monoisotopic (exact) mass is 589 g/mol. The minimum Gasteiger partial charge on any atom is -0.493 e. The van der Waals surface area contributed by atoms with Crippen LogP contribution in [-0.4, -0.2) is 52.2 Å². The lowest BCUT2D eigenvalue weighted by atomic mass is 9.89. The van der Waals surface area contributed by atoms with E-state index in [9.17, 15) is 24.8 Å². The Morgan fingerprint density at radius 2 is 1.72 bits per heavy atom. The summed E-state index contributed by atoms with van der Waals surface area (Å²) in [5, 5.41) is 23.6. The number of anilines is 1. The van der Waals surface area contributed by atoms with Gasteiger partial charge in [0.2, 0.25) is 0 Å². The smallest absolute Gasteiger partial charge is 0.310 e. The van der Waals surface area contributed by atoms with Gasteiger partial charge in [0, 0.05) is 42.7 Å². The summed E-state index contributed by atoms with van der Waals surface area (Å²) in [7, 11) is 1.40. The zero-order valence-corrected chi connectivity index (χ0v) is 24.4. The van der Waals surface area contributed by atoms with Crippen molar-refractivity contribution in [1.82, 2.24) is 4.90 Å². The predicted molar refractivity (Wildman–Crippen MR) is 159 cm³/mol. The molecule has 11 nitrogen and oxygen atoms in total. The average molecular weight is 590 g/mol. The first-order valence-corrected chi connectivity index (χ1v) is 14.2. The number of carboxylic acid groups (broad SMARTS) is 1. The Morgan fingerprint density at radius 1 is 1.02 bits per heavy atom. The van der Waals surface area contributed by atoms with Crippen molar-refractivity contribution in [2.75, 3.05) is 19.0 Å². The van der Waals surface area contributed by atoms with Crippen LogP contribution in [0.15, 0.2) is 66.7 Å². The fraction of sp³-hybridized carbons (Fsp3) is 0.375. The number of aliphatic carboxylic acids is 1. The van der Waals surface area contributed by atoms with E-state index in [1.54, 1.807) is 62.4 Å². The average Bonchev–Trinajstić information content (AvgIpc) is 3.15. The van der Waals surface area contributed by atoms with Crippen molar-refractivity contribution in [2.45, 2.75) is 57.7 Å². The summed E-state index contributed by atoms with van der Waals surface area (Å²) in [6.45, 7) is 3.92. The number of methoxy groups -OCH3 is 1. The number of ether oxygens (including phenoxy) is 3. The van der Waals surface area contributed by atoms with Crippen LogP contribution in [0.25, 0.3) is 0 Å². The molecule has 43 heavy (non-hydrogen) atoms. The van der Waals surface area contributed by atoms with E-state index in [2.05, 4.69) is 10.2 Å². The first kappa shape index (κ1) is 29.8. The second-order valence-corrected chi connectivity index (χ2v) is 11.6. The second-order valence-electron chi connectivity index (χ2n) is 11.6. The molecular weight excluding hydrogens is 554 g/mol. The second kappa shape index (κ2) is 11.9. The van der Waals surface area contributed by atoms with Crippen molar-refractivity contribution < 1.29 is 33.8 Å². The summed E-state index contributed by atoms with van der Waals surface area (Å²) in [5.74, 6) is 0.534. The van der Waals surface area contributed by atoms with E-state index in [0.717, 1.165) is 32.1 Å². The van der Waals surface area contributed by atoms with Crippen LogP contribution >= 0.6 is 0 Å². The summed E-state index contributed by atoms with van der Waals surface area (Å²) in [5.41, 5.74) is -0.523. The van der Waals surface area contributed by atoms with E-state index in [4.69, 9.17) is 14.2 Å². The number of non-ortho nitro benzene ring substituents is 1. The number of hydrogen-bond donors (Lipinski definition) is 2. The van der Waals surface area contributed by atoms with E-state index in [-0.39, 0.29) is 17.3 Å². The molecule has 3 aromatic carbocycles. The third-order valence-electron chi connectivity index (χ3n) is 8.20. The van der Waals surface area contributed by atoms with E-state index in [1.165, 1.54) is 25.3 Å². The first-order valence-electron chi connectivity index (χ1n) is 14.2. The van der Waals surface area contributed by atoms with Crippen LogP contribution < -0.4 is 19.5 Å². The van der Waals surface area contributed by atoms with Crippen LogP contribution in [0.1, 0.15) is 56.3 Å². The zero-order valence-electron chi connectivity index (χ0n) is 24.4. The molecular formula is C32H35N3O8. The maximum atomic E-state index is 12.9. The number of nitro groups is 1. The molecule has 2 unspecified atom stereocenters. The van der Waals surface area contributed by atoms with Crippen molar-refractivity contribution >= 4 is 23.3 Å². The Balaban J connectivity index is 1.21. The largest absolute Gasteiger partial charge is 0.493 e. The summed E-state index contributed by atoms with van der Waals surface area (Å²) < 4.78 is 17.6. The molecule has 0 aliphatic carbocycles. The number of carbonyl (C=O) groups excluding carboxylic acids is 1. The highest BCUT2D eigenvalue weighted by Gasteiger charge is 2.52. The standard InChI is InChI=1S/C32H35N3O8/c1-31(2,30(37)38)20-34-23-5-4-17-32(34,18-16-23)43-26-11-6-21(7-12-26)29(36)33-22-8-13-25(14-9-22)42-27-15-10-24(35(39)40)19-28(27)41-3/h6-15,19,23H,4-5,16-18,20H2,1-3H3,(H,33,36)(H,37,38). The number of piperidine rings is 1. The molecule has 5 rings (SSSR count). The van der Waals surface area contributed by atoms with Gasteiger partial charge in [0.15, 0.2) is 17.2 Å². The van der Waals surface area contributed by atoms with Crippen molar-refractivity contribution in [1.29, 1.82) is 0 Å². The summed E-state index contributed by atoms with van der Waals surface area (Å²) in [6.07, 6.45) is 4.71. The van der Waals surface area contributed by atoms with Gasteiger partial charge >= 0.3 is 5.97 Å². The van der Waals surface area contributed by atoms with Crippen LogP contribution in [0.2, 0.25) is 0 Å². The molecule has 226 valence electrons. The van der Waals surface area contributed by atoms with Gasteiger partial charge in [-0.05, 0) is 87.7 Å². The molecule has 2 bridgehead atoms. The van der Waals surface area contributed by atoms with E-state index in [1.807, 2.05) is 0 Å². The molecule has 2 N–H and O–H groups in total. The number of carbonyl (C=O) groups is 2. The number of carboxylic acids is 1. The van der Waals surface area contributed by atoms with Gasteiger partial charge in [-0.1, -0.05) is 0 Å². The number of rotatable bonds is 11. The normalized spacial score (nSPS) is 19.8. The fourth-order valence-electron chi connectivity index (χ4n) is 5.82. The topological polar surface area (TPSA) is 140 Å². The van der Waals surface area contributed by atoms with Crippen LogP contribution in [0.5, 0.6) is 23.0 Å². The molecule has 0 saturated carbocycles. The van der Waals surface area contributed by atoms with Crippen LogP contribution in [0.3, 0.4) is 0 Å². The Bertz CT molecular complexity index is 1500. The third-order valence-corrected chi connectivity index (χ3v) is 8.20. The molecule has 2 heterocycles. The predicted octanol–water partition coefficient (Wildman–Crippen LogP) is 6.48. The first-order chi connectivity index (χ1) is 20.5. The van der Waals surface area contributed by atoms with Gasteiger partial charge in [-0.25, -0.2) is 0 Å². The molecule has 0 spiro atoms. The van der Waals surface area contributed by atoms with Gasteiger partial charge in [0.1, 0.15) is 11.5 Å². The number of benzene rings is 3. The zero-order chi connectivity index (χ0) is 30.8. The Hall–Kier alpha value is -4.64. The maximum Gasteiger partial charge on any atom is 0.310 e. The van der Waals surface area contributed by atoms with Gasteiger partial charge in [-0.3, -0.25) is 24.6 Å². The highest BCUT2D eigenvalue weighted by molar-refractivity contribution is 6.04. The Morgan fingerprint density at radius 3 is 2.37 bits per heavy atom. The molecule has 2 atom stereocenters. The Kier molecular flexibility index (Phi) is 8.27. The lowest BCUT2D eigenvalue weighted by Gasteiger charge is -2.46. The SMILES string of the molecule is COc1cc([N+](=O)[O-])ccc1Oc1ccc(NC(=O)c2ccc(OC34CCCC(CC3)N4CC(C)(C)C(=O)O)cc2)cc1. The lowest BCUT2D eigenvalue weighted by Crippen LogP contribution is -2.57. The number of fused-ring (bicyclic) bond motifs is 2. The molecule has 0 radical (unpaired) electrons. The van der Waals surface area contributed by atoms with E-state index in [0.29, 0.717) is 41.1 Å². The summed E-state index contributed by atoms with van der Waals surface area (Å²) in [4.78, 5) is 37.5. The number of nitro benzene ring substituents is 1. The highest BCUT2D eigenvalue weighted by atomic mass is 16.6. The van der Waals surface area contributed by atoms with Gasteiger partial charge < -0.3 is 24.6 Å². The number of nitrogens with zero attached hydrogens (tertiary/aromatic N) is 2. The molecule has 1 amide bonds. The van der Waals surface area contributed by atoms with Crippen molar-refractivity contribution in [3.8, 4) is 23.0 Å². The summed E-state index contributed by atoms with van der Waals surface area (Å²) in [6, 6.07) is 18.1. The van der Waals surface area contributed by atoms with Crippen molar-refractivity contribution in [3.63, 3.8) is 0 Å². The van der Waals surface area contributed by atoms with E-state index >= 15 is 0 Å². The minimum atomic E-state index is -0.890. The summed E-state index contributed by atoms with van der Waals surface area (Å²) >= 11 is 0. The van der Waals surface area contributed by atoms with Crippen LogP contribution in [-0.2, 0) is 4.79 Å². The quantitative estimate of drug-likeness (QED) is 0.190. The molecule has 3 aromatic rings. The van der Waals surface area contributed by atoms with Crippen LogP contribution in [0, 0.1) is 15.5 Å². The number of hydrogen-bond acceptors (Lipinski definition) is 8. The molecule has 11 heteroatoms.